The van der Waals surface area contributed by atoms with Gasteiger partial charge in [0.05, 0.1) is 0 Å². The maximum atomic E-state index is 2.63. The van der Waals surface area contributed by atoms with Gasteiger partial charge in [-0.25, -0.2) is 0 Å². The van der Waals surface area contributed by atoms with Crippen LogP contribution < -0.4 is 0 Å². The Bertz CT molecular complexity index is 404. The quantitative estimate of drug-likeness (QED) is 0.468. The van der Waals surface area contributed by atoms with Crippen LogP contribution in [-0.2, 0) is 0 Å². The molecule has 0 nitrogen and oxygen atoms in total. The normalized spacial score (nSPS) is 27.3. The van der Waals surface area contributed by atoms with Crippen molar-refractivity contribution in [2.45, 2.75) is 92.4 Å². The second-order valence-electron chi connectivity index (χ2n) is 9.28. The average Bonchev–Trinajstić information content (AvgIpc) is 2.45. The summed E-state index contributed by atoms with van der Waals surface area (Å²) in [5.74, 6) is 2.61. The summed E-state index contributed by atoms with van der Waals surface area (Å²) in [5, 5.41) is 0. The molecule has 0 fully saturated rings. The van der Waals surface area contributed by atoms with Crippen LogP contribution in [0.2, 0.25) is 0 Å². The molecule has 0 saturated carbocycles. The molecule has 2 rings (SSSR count). The Morgan fingerprint density at radius 1 is 1.14 bits per heavy atom. The summed E-state index contributed by atoms with van der Waals surface area (Å²) in [6.45, 7) is 11.9. The van der Waals surface area contributed by atoms with E-state index in [9.17, 15) is 0 Å². The van der Waals surface area contributed by atoms with Crippen LogP contribution in [0, 0.1) is 22.7 Å². The monoisotopic (exact) mass is 301 g/mol. The molecule has 0 aliphatic heterocycles. The molecule has 125 valence electrons. The molecule has 0 N–H and O–H groups in total. The molecule has 0 bridgehead atoms. The van der Waals surface area contributed by atoms with Crippen LogP contribution in [0.4, 0.5) is 0 Å². The molecule has 0 spiro atoms. The first-order valence-electron chi connectivity index (χ1n) is 9.53. The Morgan fingerprint density at radius 2 is 1.91 bits per heavy atom. The van der Waals surface area contributed by atoms with Crippen molar-refractivity contribution in [1.82, 2.24) is 0 Å². The number of hydrogen-bond acceptors (Lipinski definition) is 0. The van der Waals surface area contributed by atoms with E-state index < -0.39 is 0 Å². The smallest absolute Gasteiger partial charge is 0.00166 e. The minimum absolute atomic E-state index is 0.412. The van der Waals surface area contributed by atoms with Crippen LogP contribution in [0.5, 0.6) is 0 Å². The van der Waals surface area contributed by atoms with Crippen LogP contribution in [-0.4, -0.2) is 0 Å². The standard InChI is InChI=1S/C22H37/c1-18(2)13-16-22(14-9-6-10-15-22)20-12-8-7-11-19(20)17-21(3,4)5/h6,9,12,18H,7-8,10-11,13-17H2,1-5H3. The minimum Gasteiger partial charge on any atom is -0.0885 e. The Labute approximate surface area is 139 Å². The Balaban J connectivity index is 2.23. The molecule has 0 aromatic carbocycles. The van der Waals surface area contributed by atoms with E-state index in [-0.39, 0.29) is 0 Å². The van der Waals surface area contributed by atoms with E-state index in [1.165, 1.54) is 57.8 Å². The summed E-state index contributed by atoms with van der Waals surface area (Å²) < 4.78 is 0. The van der Waals surface area contributed by atoms with E-state index in [0.29, 0.717) is 10.8 Å². The first-order chi connectivity index (χ1) is 10.3. The SMILES string of the molecule is CC(C)CCC1(C2=CCCC[C]2CC(C)(C)C)CC=CCC1. The van der Waals surface area contributed by atoms with Gasteiger partial charge in [-0.2, -0.15) is 0 Å². The van der Waals surface area contributed by atoms with E-state index in [4.69, 9.17) is 0 Å². The van der Waals surface area contributed by atoms with Crippen molar-refractivity contribution in [3.05, 3.63) is 29.7 Å². The maximum Gasteiger partial charge on any atom is 0.00166 e. The van der Waals surface area contributed by atoms with Crippen molar-refractivity contribution in [3.8, 4) is 0 Å². The fourth-order valence-corrected chi connectivity index (χ4v) is 4.32. The first kappa shape index (κ1) is 17.8. The highest BCUT2D eigenvalue weighted by Crippen LogP contribution is 2.52. The second kappa shape index (κ2) is 7.37. The van der Waals surface area contributed by atoms with Crippen molar-refractivity contribution in [2.75, 3.05) is 0 Å². The highest BCUT2D eigenvalue weighted by atomic mass is 14.4. The summed E-state index contributed by atoms with van der Waals surface area (Å²) in [6.07, 6.45) is 19.5. The van der Waals surface area contributed by atoms with Crippen molar-refractivity contribution in [3.63, 3.8) is 0 Å². The Kier molecular flexibility index (Phi) is 5.97. The molecule has 0 saturated heterocycles. The van der Waals surface area contributed by atoms with E-state index in [1.807, 2.05) is 0 Å². The van der Waals surface area contributed by atoms with E-state index in [2.05, 4.69) is 52.8 Å². The molecule has 1 unspecified atom stereocenters. The first-order valence-corrected chi connectivity index (χ1v) is 9.53. The molecule has 2 aliphatic carbocycles. The van der Waals surface area contributed by atoms with Crippen molar-refractivity contribution >= 4 is 0 Å². The van der Waals surface area contributed by atoms with Gasteiger partial charge in [-0.15, -0.1) is 0 Å². The number of hydrogen-bond donors (Lipinski definition) is 0. The third kappa shape index (κ3) is 4.74. The molecule has 1 atom stereocenters. The van der Waals surface area contributed by atoms with Crippen molar-refractivity contribution in [2.24, 2.45) is 16.7 Å². The van der Waals surface area contributed by atoms with Gasteiger partial charge in [-0.1, -0.05) is 64.8 Å². The van der Waals surface area contributed by atoms with Gasteiger partial charge in [0.2, 0.25) is 0 Å². The number of rotatable bonds is 5. The van der Waals surface area contributed by atoms with Gasteiger partial charge < -0.3 is 0 Å². The topological polar surface area (TPSA) is 0 Å². The molecule has 0 aromatic rings. The average molecular weight is 302 g/mol. The largest absolute Gasteiger partial charge is 0.0885 e. The van der Waals surface area contributed by atoms with Gasteiger partial charge in [0.15, 0.2) is 0 Å². The van der Waals surface area contributed by atoms with Gasteiger partial charge in [0, 0.05) is 5.92 Å². The minimum atomic E-state index is 0.412. The molecule has 2 aliphatic rings. The summed E-state index contributed by atoms with van der Waals surface area (Å²) in [4.78, 5) is 0. The zero-order valence-electron chi connectivity index (χ0n) is 15.7. The van der Waals surface area contributed by atoms with Gasteiger partial charge in [-0.05, 0) is 68.1 Å². The van der Waals surface area contributed by atoms with Gasteiger partial charge in [0.25, 0.3) is 0 Å². The second-order valence-corrected chi connectivity index (χ2v) is 9.28. The third-order valence-electron chi connectivity index (χ3n) is 5.39. The highest BCUT2D eigenvalue weighted by Gasteiger charge is 2.39. The van der Waals surface area contributed by atoms with Gasteiger partial charge in [-0.3, -0.25) is 0 Å². The predicted molar refractivity (Wildman–Crippen MR) is 98.7 cm³/mol. The lowest BCUT2D eigenvalue weighted by Crippen LogP contribution is -2.31. The van der Waals surface area contributed by atoms with Crippen LogP contribution in [0.3, 0.4) is 0 Å². The summed E-state index contributed by atoms with van der Waals surface area (Å²) in [6, 6.07) is 0. The third-order valence-corrected chi connectivity index (χ3v) is 5.39. The van der Waals surface area contributed by atoms with Crippen LogP contribution in [0.25, 0.3) is 0 Å². The van der Waals surface area contributed by atoms with Crippen LogP contribution in [0.1, 0.15) is 92.4 Å². The van der Waals surface area contributed by atoms with Crippen molar-refractivity contribution in [1.29, 1.82) is 0 Å². The van der Waals surface area contributed by atoms with E-state index >= 15 is 0 Å². The zero-order chi connectivity index (χ0) is 16.2. The molecular formula is C22H37. The molecule has 22 heavy (non-hydrogen) atoms. The fourth-order valence-electron chi connectivity index (χ4n) is 4.32. The lowest BCUT2D eigenvalue weighted by Gasteiger charge is -2.44. The molecule has 0 aromatic heterocycles. The molecular weight excluding hydrogens is 264 g/mol. The molecule has 0 amide bonds. The molecule has 0 heterocycles. The summed E-state index contributed by atoms with van der Waals surface area (Å²) in [7, 11) is 0. The maximum absolute atomic E-state index is 2.63. The summed E-state index contributed by atoms with van der Waals surface area (Å²) in [5.41, 5.74) is 2.65. The molecule has 1 radical (unpaired) electrons. The van der Waals surface area contributed by atoms with Gasteiger partial charge in [0.1, 0.15) is 0 Å². The fraction of sp³-hybridized carbons (Fsp3) is 0.773. The Morgan fingerprint density at radius 3 is 2.50 bits per heavy atom. The Hall–Kier alpha value is -0.520. The van der Waals surface area contributed by atoms with Crippen molar-refractivity contribution < 1.29 is 0 Å². The van der Waals surface area contributed by atoms with E-state index in [0.717, 1.165) is 5.92 Å². The highest BCUT2D eigenvalue weighted by molar-refractivity contribution is 5.35. The van der Waals surface area contributed by atoms with Gasteiger partial charge >= 0.3 is 0 Å². The van der Waals surface area contributed by atoms with Crippen LogP contribution in [0.15, 0.2) is 23.8 Å². The van der Waals surface area contributed by atoms with E-state index in [1.54, 1.807) is 11.5 Å². The zero-order valence-corrected chi connectivity index (χ0v) is 15.7. The number of allylic oxidation sites excluding steroid dienone is 4. The lowest BCUT2D eigenvalue weighted by atomic mass is 9.60. The molecule has 0 heteroatoms. The van der Waals surface area contributed by atoms with Crippen LogP contribution >= 0.6 is 0 Å². The summed E-state index contributed by atoms with van der Waals surface area (Å²) >= 11 is 0. The predicted octanol–water partition coefficient (Wildman–Crippen LogP) is 7.27. The lowest BCUT2D eigenvalue weighted by molar-refractivity contribution is 0.253.